The summed E-state index contributed by atoms with van der Waals surface area (Å²) in [7, 11) is 1.85. The number of halogens is 1. The van der Waals surface area contributed by atoms with E-state index in [0.717, 1.165) is 11.4 Å². The van der Waals surface area contributed by atoms with Gasteiger partial charge in [-0.25, -0.2) is 9.38 Å². The first kappa shape index (κ1) is 19.2. The molecule has 4 heteroatoms. The first-order chi connectivity index (χ1) is 11.0. The predicted octanol–water partition coefficient (Wildman–Crippen LogP) is 4.85. The summed E-state index contributed by atoms with van der Waals surface area (Å²) in [5.41, 5.74) is 8.83. The first-order valence-electron chi connectivity index (χ1n) is 8.32. The van der Waals surface area contributed by atoms with Gasteiger partial charge in [-0.15, -0.1) is 0 Å². The van der Waals surface area contributed by atoms with E-state index in [0.29, 0.717) is 18.6 Å². The van der Waals surface area contributed by atoms with Crippen molar-refractivity contribution in [3.63, 3.8) is 0 Å². The second-order valence-corrected chi connectivity index (χ2v) is 6.12. The molecular formula is C19H30FN3. The van der Waals surface area contributed by atoms with Crippen molar-refractivity contribution in [3.05, 3.63) is 47.7 Å². The molecule has 1 unspecified atom stereocenters. The van der Waals surface area contributed by atoms with Crippen molar-refractivity contribution < 1.29 is 4.39 Å². The van der Waals surface area contributed by atoms with Crippen LogP contribution in [0.4, 0.5) is 4.39 Å². The summed E-state index contributed by atoms with van der Waals surface area (Å²) in [4.78, 5) is 6.17. The number of hydrogen-bond donors (Lipinski definition) is 1. The molecule has 1 aliphatic carbocycles. The van der Waals surface area contributed by atoms with E-state index in [1.54, 1.807) is 0 Å². The Hall–Kier alpha value is -1.84. The van der Waals surface area contributed by atoms with Crippen LogP contribution in [0.1, 0.15) is 52.9 Å². The molecule has 3 nitrogen and oxygen atoms in total. The van der Waals surface area contributed by atoms with Crippen LogP contribution in [0.3, 0.4) is 0 Å². The Morgan fingerprint density at radius 3 is 2.61 bits per heavy atom. The smallest absolute Gasteiger partial charge is 0.157 e. The molecule has 0 spiro atoms. The zero-order valence-electron chi connectivity index (χ0n) is 14.8. The third kappa shape index (κ3) is 6.85. The first-order valence-corrected chi connectivity index (χ1v) is 8.32. The number of likely N-dealkylation sites (N-methyl/N-ethyl adjacent to an activating group) is 1. The molecule has 1 rings (SSSR count). The highest BCUT2D eigenvalue weighted by molar-refractivity contribution is 5.84. The lowest BCUT2D eigenvalue weighted by molar-refractivity contribution is 0.361. The van der Waals surface area contributed by atoms with E-state index in [1.165, 1.54) is 31.3 Å². The molecule has 0 aromatic carbocycles. The summed E-state index contributed by atoms with van der Waals surface area (Å²) in [5, 5.41) is 0. The lowest BCUT2D eigenvalue weighted by atomic mass is 10.2. The maximum Gasteiger partial charge on any atom is 0.157 e. The van der Waals surface area contributed by atoms with E-state index < -0.39 is 0 Å². The zero-order chi connectivity index (χ0) is 17.2. The number of nitrogens with zero attached hydrogens (tertiary/aromatic N) is 2. The predicted molar refractivity (Wildman–Crippen MR) is 97.8 cm³/mol. The molecule has 0 aromatic rings. The highest BCUT2D eigenvalue weighted by Gasteiger charge is 2.10. The maximum absolute atomic E-state index is 13.2. The van der Waals surface area contributed by atoms with Crippen LogP contribution < -0.4 is 5.73 Å². The van der Waals surface area contributed by atoms with Gasteiger partial charge in [0.15, 0.2) is 5.82 Å². The molecule has 0 bridgehead atoms. The van der Waals surface area contributed by atoms with Crippen molar-refractivity contribution in [2.24, 2.45) is 10.7 Å². The fraction of sp³-hybridized carbons (Fsp3) is 0.526. The topological polar surface area (TPSA) is 41.6 Å². The molecule has 0 radical (unpaired) electrons. The van der Waals surface area contributed by atoms with Crippen LogP contribution in [-0.2, 0) is 0 Å². The SMILES string of the molecule is C/C=C(/N)CC(C)=N/C(=C/F)N(C)C(C)/C=C\C=C1CCCC1. The Balaban J connectivity index is 2.67. The molecule has 0 heterocycles. The van der Waals surface area contributed by atoms with Crippen molar-refractivity contribution in [1.82, 2.24) is 4.90 Å². The summed E-state index contributed by atoms with van der Waals surface area (Å²) in [6.07, 6.45) is 14.3. The normalized spacial score (nSPS) is 18.7. The molecule has 2 N–H and O–H groups in total. The minimum Gasteiger partial charge on any atom is -0.402 e. The van der Waals surface area contributed by atoms with Crippen LogP contribution in [0.2, 0.25) is 0 Å². The zero-order valence-corrected chi connectivity index (χ0v) is 14.8. The molecule has 1 saturated carbocycles. The summed E-state index contributed by atoms with van der Waals surface area (Å²) in [5.74, 6) is 0.317. The van der Waals surface area contributed by atoms with Gasteiger partial charge in [-0.1, -0.05) is 29.9 Å². The van der Waals surface area contributed by atoms with Gasteiger partial charge in [0.1, 0.15) is 6.33 Å². The molecule has 1 aliphatic rings. The van der Waals surface area contributed by atoms with Crippen LogP contribution in [0.15, 0.2) is 52.7 Å². The van der Waals surface area contributed by atoms with E-state index in [1.807, 2.05) is 38.8 Å². The molecule has 1 atom stereocenters. The van der Waals surface area contributed by atoms with Gasteiger partial charge in [0.05, 0.1) is 0 Å². The molecule has 128 valence electrons. The number of nitrogens with two attached hydrogens (primary N) is 1. The van der Waals surface area contributed by atoms with Crippen LogP contribution in [-0.4, -0.2) is 23.7 Å². The monoisotopic (exact) mass is 319 g/mol. The summed E-state index contributed by atoms with van der Waals surface area (Å²) in [6, 6.07) is 0.0610. The number of allylic oxidation sites excluding steroid dienone is 5. The Morgan fingerprint density at radius 1 is 1.39 bits per heavy atom. The van der Waals surface area contributed by atoms with Gasteiger partial charge in [-0.3, -0.25) is 0 Å². The van der Waals surface area contributed by atoms with Gasteiger partial charge in [0, 0.05) is 30.9 Å². The van der Waals surface area contributed by atoms with E-state index in [2.05, 4.69) is 23.2 Å². The fourth-order valence-electron chi connectivity index (χ4n) is 2.50. The molecular weight excluding hydrogens is 289 g/mol. The van der Waals surface area contributed by atoms with E-state index in [4.69, 9.17) is 5.73 Å². The third-order valence-corrected chi connectivity index (χ3v) is 4.17. The second-order valence-electron chi connectivity index (χ2n) is 6.12. The summed E-state index contributed by atoms with van der Waals surface area (Å²) >= 11 is 0. The van der Waals surface area contributed by atoms with E-state index in [-0.39, 0.29) is 6.04 Å². The second kappa shape index (κ2) is 10.0. The molecule has 23 heavy (non-hydrogen) atoms. The fourth-order valence-corrected chi connectivity index (χ4v) is 2.50. The minimum atomic E-state index is 0.0610. The third-order valence-electron chi connectivity index (χ3n) is 4.17. The van der Waals surface area contributed by atoms with Crippen LogP contribution in [0.5, 0.6) is 0 Å². The van der Waals surface area contributed by atoms with Gasteiger partial charge < -0.3 is 10.6 Å². The highest BCUT2D eigenvalue weighted by atomic mass is 19.1. The molecule has 0 aromatic heterocycles. The lowest BCUT2D eigenvalue weighted by Gasteiger charge is -2.24. The van der Waals surface area contributed by atoms with Crippen molar-refractivity contribution >= 4 is 5.71 Å². The summed E-state index contributed by atoms with van der Waals surface area (Å²) in [6.45, 7) is 5.77. The van der Waals surface area contributed by atoms with Crippen LogP contribution in [0.25, 0.3) is 0 Å². The average Bonchev–Trinajstić information content (AvgIpc) is 3.04. The quantitative estimate of drug-likeness (QED) is 0.682. The average molecular weight is 319 g/mol. The molecule has 1 fully saturated rings. The van der Waals surface area contributed by atoms with E-state index >= 15 is 0 Å². The lowest BCUT2D eigenvalue weighted by Crippen LogP contribution is -2.26. The van der Waals surface area contributed by atoms with Crippen molar-refractivity contribution in [2.45, 2.75) is 58.9 Å². The Bertz CT molecular complexity index is 519. The highest BCUT2D eigenvalue weighted by Crippen LogP contribution is 2.23. The Kier molecular flexibility index (Phi) is 8.38. The standard InChI is InChI=1S/C19H30FN3/c1-5-18(21)13-15(2)22-19(14-20)23(4)16(3)9-8-12-17-10-6-7-11-17/h5,8-9,12,14,16H,6-7,10-11,13,21H2,1-4H3/b9-8-,18-5+,19-14-,22-15?. The molecule has 0 amide bonds. The maximum atomic E-state index is 13.2. The van der Waals surface area contributed by atoms with Gasteiger partial charge in [0.25, 0.3) is 0 Å². The van der Waals surface area contributed by atoms with Gasteiger partial charge in [0.2, 0.25) is 0 Å². The minimum absolute atomic E-state index is 0.0610. The van der Waals surface area contributed by atoms with Gasteiger partial charge in [-0.05, 0) is 46.5 Å². The number of aliphatic imine (C=N–C) groups is 1. The molecule has 0 aliphatic heterocycles. The number of rotatable bonds is 7. The summed E-state index contributed by atoms with van der Waals surface area (Å²) < 4.78 is 13.2. The van der Waals surface area contributed by atoms with Crippen molar-refractivity contribution in [2.75, 3.05) is 7.05 Å². The van der Waals surface area contributed by atoms with Gasteiger partial charge in [-0.2, -0.15) is 0 Å². The van der Waals surface area contributed by atoms with Crippen molar-refractivity contribution in [1.29, 1.82) is 0 Å². The van der Waals surface area contributed by atoms with Crippen molar-refractivity contribution in [3.8, 4) is 0 Å². The van der Waals surface area contributed by atoms with Crippen LogP contribution >= 0.6 is 0 Å². The number of hydrogen-bond acceptors (Lipinski definition) is 3. The van der Waals surface area contributed by atoms with E-state index in [9.17, 15) is 4.39 Å². The Morgan fingerprint density at radius 2 is 2.04 bits per heavy atom. The molecule has 0 saturated heterocycles. The van der Waals surface area contributed by atoms with Gasteiger partial charge >= 0.3 is 0 Å². The van der Waals surface area contributed by atoms with Crippen LogP contribution in [0, 0.1) is 0 Å². The Labute approximate surface area is 140 Å². The largest absolute Gasteiger partial charge is 0.402 e.